The van der Waals surface area contributed by atoms with Gasteiger partial charge >= 0.3 is 6.09 Å². The Labute approximate surface area is 180 Å². The number of rotatable bonds is 2. The molecule has 1 aliphatic carbocycles. The second-order valence-corrected chi connectivity index (χ2v) is 9.63. The van der Waals surface area contributed by atoms with E-state index in [2.05, 4.69) is 55.5 Å². The van der Waals surface area contributed by atoms with Crippen molar-refractivity contribution in [3.63, 3.8) is 0 Å². The minimum Gasteiger partial charge on any atom is -0.444 e. The van der Waals surface area contributed by atoms with Crippen molar-refractivity contribution in [1.82, 2.24) is 4.90 Å². The molecule has 0 N–H and O–H groups in total. The zero-order valence-corrected chi connectivity index (χ0v) is 18.5. The summed E-state index contributed by atoms with van der Waals surface area (Å²) < 4.78 is 5.58. The van der Waals surface area contributed by atoms with E-state index in [1.165, 1.54) is 22.4 Å². The van der Waals surface area contributed by atoms with Crippen molar-refractivity contribution in [1.29, 1.82) is 0 Å². The molecule has 158 valence electrons. The molecule has 0 saturated carbocycles. The van der Waals surface area contributed by atoms with Gasteiger partial charge in [-0.3, -0.25) is 4.99 Å². The van der Waals surface area contributed by atoms with Crippen molar-refractivity contribution in [3.05, 3.63) is 71.3 Å². The molecule has 0 unspecified atom stereocenters. The third-order valence-corrected chi connectivity index (χ3v) is 6.32. The smallest absolute Gasteiger partial charge is 0.410 e. The zero-order valence-electron chi connectivity index (χ0n) is 18.5. The number of hydrogen-bond donors (Lipinski definition) is 0. The van der Waals surface area contributed by atoms with Crippen LogP contribution >= 0.6 is 0 Å². The molecule has 2 aliphatic rings. The van der Waals surface area contributed by atoms with Crippen molar-refractivity contribution in [2.24, 2.45) is 4.99 Å². The lowest BCUT2D eigenvalue weighted by atomic mass is 9.74. The lowest BCUT2D eigenvalue weighted by molar-refractivity contribution is 0.0168. The van der Waals surface area contributed by atoms with Crippen LogP contribution in [0.1, 0.15) is 69.7 Å². The Hall–Kier alpha value is -2.62. The van der Waals surface area contributed by atoms with E-state index in [0.29, 0.717) is 0 Å². The number of nitrogens with zero attached hydrogens (tertiary/aromatic N) is 2. The number of likely N-dealkylation sites (tertiary alicyclic amines) is 1. The Morgan fingerprint density at radius 3 is 2.33 bits per heavy atom. The lowest BCUT2D eigenvalue weighted by Crippen LogP contribution is -2.46. The molecule has 1 saturated heterocycles. The standard InChI is InChI=1S/C26H32N2O2/c1-19(20-10-6-5-7-11-20)27-23-18-26(22-13-9-8-12-21(22)23)14-16-28(17-15-26)24(29)30-25(2,3)4/h5-13,19H,14-18H2,1-4H3/t19-/m0/s1. The van der Waals surface area contributed by atoms with Gasteiger partial charge < -0.3 is 9.64 Å². The SMILES string of the molecule is C[C@H](N=C1CC2(CCN(C(=O)OC(C)(C)C)CC2)c2ccccc21)c1ccccc1. The lowest BCUT2D eigenvalue weighted by Gasteiger charge is -2.40. The fourth-order valence-corrected chi connectivity index (χ4v) is 4.75. The zero-order chi connectivity index (χ0) is 21.4. The minimum atomic E-state index is -0.459. The number of benzene rings is 2. The van der Waals surface area contributed by atoms with Crippen LogP contribution in [0.5, 0.6) is 0 Å². The number of fused-ring (bicyclic) bond motifs is 2. The molecule has 1 atom stereocenters. The van der Waals surface area contributed by atoms with Gasteiger partial charge in [-0.2, -0.15) is 0 Å². The molecule has 4 heteroatoms. The third-order valence-electron chi connectivity index (χ3n) is 6.32. The predicted octanol–water partition coefficient (Wildman–Crippen LogP) is 5.91. The Balaban J connectivity index is 1.55. The largest absolute Gasteiger partial charge is 0.444 e. The molecular weight excluding hydrogens is 372 g/mol. The molecule has 0 radical (unpaired) electrons. The first-order valence-corrected chi connectivity index (χ1v) is 11.0. The van der Waals surface area contributed by atoms with Gasteiger partial charge in [0.1, 0.15) is 5.60 Å². The average molecular weight is 405 g/mol. The van der Waals surface area contributed by atoms with Crippen molar-refractivity contribution in [3.8, 4) is 0 Å². The molecule has 2 aromatic carbocycles. The number of carbonyl (C=O) groups excluding carboxylic acids is 1. The van der Waals surface area contributed by atoms with Crippen LogP contribution in [0.25, 0.3) is 0 Å². The number of aliphatic imine (C=N–C) groups is 1. The fraction of sp³-hybridized carbons (Fsp3) is 0.462. The molecule has 1 spiro atoms. The van der Waals surface area contributed by atoms with Gasteiger partial charge in [0.25, 0.3) is 0 Å². The third kappa shape index (κ3) is 4.14. The van der Waals surface area contributed by atoms with Gasteiger partial charge in [0, 0.05) is 24.2 Å². The number of ether oxygens (including phenoxy) is 1. The second kappa shape index (κ2) is 7.90. The first-order chi connectivity index (χ1) is 14.3. The first-order valence-electron chi connectivity index (χ1n) is 11.0. The normalized spacial score (nSPS) is 20.3. The Kier molecular flexibility index (Phi) is 5.44. The maximum Gasteiger partial charge on any atom is 0.410 e. The van der Waals surface area contributed by atoms with E-state index >= 15 is 0 Å². The molecule has 1 fully saturated rings. The summed E-state index contributed by atoms with van der Waals surface area (Å²) in [6.07, 6.45) is 2.64. The fourth-order valence-electron chi connectivity index (χ4n) is 4.75. The summed E-state index contributed by atoms with van der Waals surface area (Å²) in [6, 6.07) is 19.3. The van der Waals surface area contributed by atoms with Crippen LogP contribution in [0.15, 0.2) is 59.6 Å². The van der Waals surface area contributed by atoms with E-state index in [0.717, 1.165) is 32.4 Å². The van der Waals surface area contributed by atoms with Gasteiger partial charge in [0.05, 0.1) is 6.04 Å². The average Bonchev–Trinajstić information content (AvgIpc) is 3.01. The summed E-state index contributed by atoms with van der Waals surface area (Å²) in [5.41, 5.74) is 4.74. The highest BCUT2D eigenvalue weighted by Gasteiger charge is 2.45. The quantitative estimate of drug-likeness (QED) is 0.624. The molecular formula is C26H32N2O2. The highest BCUT2D eigenvalue weighted by atomic mass is 16.6. The number of amides is 1. The van der Waals surface area contributed by atoms with Crippen LogP contribution in [0.3, 0.4) is 0 Å². The van der Waals surface area contributed by atoms with Crippen LogP contribution < -0.4 is 0 Å². The van der Waals surface area contributed by atoms with Gasteiger partial charge in [0.15, 0.2) is 0 Å². The van der Waals surface area contributed by atoms with Gasteiger partial charge in [-0.25, -0.2) is 4.79 Å². The highest BCUT2D eigenvalue weighted by Crippen LogP contribution is 2.47. The topological polar surface area (TPSA) is 41.9 Å². The predicted molar refractivity (Wildman–Crippen MR) is 121 cm³/mol. The number of piperidine rings is 1. The van der Waals surface area contributed by atoms with Crippen LogP contribution in [-0.4, -0.2) is 35.4 Å². The molecule has 30 heavy (non-hydrogen) atoms. The van der Waals surface area contributed by atoms with Crippen molar-refractivity contribution >= 4 is 11.8 Å². The summed E-state index contributed by atoms with van der Waals surface area (Å²) in [5, 5.41) is 0. The Morgan fingerprint density at radius 2 is 1.67 bits per heavy atom. The minimum absolute atomic E-state index is 0.0738. The van der Waals surface area contributed by atoms with E-state index < -0.39 is 5.60 Å². The monoisotopic (exact) mass is 404 g/mol. The van der Waals surface area contributed by atoms with E-state index in [9.17, 15) is 4.79 Å². The molecule has 2 aromatic rings. The molecule has 0 bridgehead atoms. The second-order valence-electron chi connectivity index (χ2n) is 9.63. The maximum absolute atomic E-state index is 12.5. The molecule has 0 aromatic heterocycles. The summed E-state index contributed by atoms with van der Waals surface area (Å²) in [6.45, 7) is 9.37. The van der Waals surface area contributed by atoms with Crippen LogP contribution in [0, 0.1) is 0 Å². The van der Waals surface area contributed by atoms with Gasteiger partial charge in [-0.1, -0.05) is 54.6 Å². The van der Waals surface area contributed by atoms with Crippen LogP contribution in [0.2, 0.25) is 0 Å². The van der Waals surface area contributed by atoms with Crippen LogP contribution in [0.4, 0.5) is 4.79 Å². The van der Waals surface area contributed by atoms with Crippen LogP contribution in [-0.2, 0) is 10.2 Å². The van der Waals surface area contributed by atoms with E-state index in [1.54, 1.807) is 0 Å². The highest BCUT2D eigenvalue weighted by molar-refractivity contribution is 6.06. The summed E-state index contributed by atoms with van der Waals surface area (Å²) >= 11 is 0. The molecule has 1 heterocycles. The maximum atomic E-state index is 12.5. The number of carbonyl (C=O) groups is 1. The summed E-state index contributed by atoms with van der Waals surface area (Å²) in [7, 11) is 0. The summed E-state index contributed by atoms with van der Waals surface area (Å²) in [4.78, 5) is 19.5. The van der Waals surface area contributed by atoms with Gasteiger partial charge in [-0.05, 0) is 63.6 Å². The van der Waals surface area contributed by atoms with E-state index in [-0.39, 0.29) is 17.6 Å². The van der Waals surface area contributed by atoms with Crippen molar-refractivity contribution in [2.45, 2.75) is 64.0 Å². The Bertz CT molecular complexity index is 935. The summed E-state index contributed by atoms with van der Waals surface area (Å²) in [5.74, 6) is 0. The van der Waals surface area contributed by atoms with Crippen molar-refractivity contribution in [2.75, 3.05) is 13.1 Å². The van der Waals surface area contributed by atoms with E-state index in [1.807, 2.05) is 31.7 Å². The first kappa shape index (κ1) is 20.6. The molecule has 4 rings (SSSR count). The molecule has 4 nitrogen and oxygen atoms in total. The molecule has 1 amide bonds. The van der Waals surface area contributed by atoms with Gasteiger partial charge in [-0.15, -0.1) is 0 Å². The Morgan fingerprint density at radius 1 is 1.03 bits per heavy atom. The van der Waals surface area contributed by atoms with Crippen molar-refractivity contribution < 1.29 is 9.53 Å². The van der Waals surface area contributed by atoms with Gasteiger partial charge in [0.2, 0.25) is 0 Å². The molecule has 1 aliphatic heterocycles. The van der Waals surface area contributed by atoms with E-state index in [4.69, 9.17) is 9.73 Å². The number of hydrogen-bond acceptors (Lipinski definition) is 3.